The van der Waals surface area contributed by atoms with Crippen molar-refractivity contribution in [2.75, 3.05) is 19.6 Å². The van der Waals surface area contributed by atoms with Crippen LogP contribution in [0.5, 0.6) is 0 Å². The van der Waals surface area contributed by atoms with Crippen molar-refractivity contribution in [3.63, 3.8) is 0 Å². The average Bonchev–Trinajstić information content (AvgIpc) is 2.51. The van der Waals surface area contributed by atoms with Crippen molar-refractivity contribution in [3.8, 4) is 0 Å². The van der Waals surface area contributed by atoms with Gasteiger partial charge in [0.2, 0.25) is 0 Å². The van der Waals surface area contributed by atoms with Gasteiger partial charge >= 0.3 is 11.8 Å². The number of hydrogen-bond acceptors (Lipinski definition) is 2. The molecular weight excluding hydrogens is 168 g/mol. The minimum atomic E-state index is -0.475. The maximum Gasteiger partial charge on any atom is 0.311 e. The van der Waals surface area contributed by atoms with Crippen LogP contribution in [0, 0.1) is 5.92 Å². The van der Waals surface area contributed by atoms with E-state index >= 15 is 0 Å². The van der Waals surface area contributed by atoms with Crippen molar-refractivity contribution in [1.82, 2.24) is 10.2 Å². The zero-order chi connectivity index (χ0) is 9.84. The quantitative estimate of drug-likeness (QED) is 0.583. The minimum absolute atomic E-state index is 0.383. The van der Waals surface area contributed by atoms with Gasteiger partial charge in [-0.1, -0.05) is 6.92 Å². The van der Waals surface area contributed by atoms with Gasteiger partial charge < -0.3 is 10.2 Å². The van der Waals surface area contributed by atoms with E-state index in [9.17, 15) is 9.59 Å². The molecule has 0 aromatic rings. The van der Waals surface area contributed by atoms with Gasteiger partial charge in [-0.15, -0.1) is 0 Å². The van der Waals surface area contributed by atoms with Crippen LogP contribution < -0.4 is 5.32 Å². The molecular formula is C9H16N2O2. The second-order valence-electron chi connectivity index (χ2n) is 3.50. The molecule has 74 valence electrons. The Balaban J connectivity index is 2.43. The summed E-state index contributed by atoms with van der Waals surface area (Å²) in [7, 11) is 0. The van der Waals surface area contributed by atoms with Gasteiger partial charge in [-0.05, 0) is 19.3 Å². The standard InChI is InChI=1S/C9H16N2O2/c1-3-10-8(12)9(13)11-5-4-7(2)6-11/h7H,3-6H2,1-2H3,(H,10,12). The van der Waals surface area contributed by atoms with Crippen molar-refractivity contribution in [2.45, 2.75) is 20.3 Å². The number of likely N-dealkylation sites (tertiary alicyclic amines) is 1. The first-order valence-corrected chi connectivity index (χ1v) is 4.72. The number of carbonyl (C=O) groups excluding carboxylic acids is 2. The molecule has 2 amide bonds. The molecule has 1 N–H and O–H groups in total. The van der Waals surface area contributed by atoms with Crippen LogP contribution in [-0.4, -0.2) is 36.3 Å². The molecule has 1 aliphatic rings. The Morgan fingerprint density at radius 3 is 2.69 bits per heavy atom. The van der Waals surface area contributed by atoms with Crippen LogP contribution in [0.3, 0.4) is 0 Å². The van der Waals surface area contributed by atoms with E-state index in [-0.39, 0.29) is 5.91 Å². The van der Waals surface area contributed by atoms with E-state index in [1.807, 2.05) is 0 Å². The summed E-state index contributed by atoms with van der Waals surface area (Å²) in [4.78, 5) is 24.1. The van der Waals surface area contributed by atoms with Crippen molar-refractivity contribution in [2.24, 2.45) is 5.92 Å². The van der Waals surface area contributed by atoms with Crippen LogP contribution in [0.25, 0.3) is 0 Å². The maximum absolute atomic E-state index is 11.4. The molecule has 1 saturated heterocycles. The van der Waals surface area contributed by atoms with E-state index in [0.717, 1.165) is 19.5 Å². The third-order valence-corrected chi connectivity index (χ3v) is 2.24. The van der Waals surface area contributed by atoms with Crippen LogP contribution in [0.2, 0.25) is 0 Å². The number of nitrogens with one attached hydrogen (secondary N) is 1. The molecule has 0 saturated carbocycles. The molecule has 13 heavy (non-hydrogen) atoms. The first kappa shape index (κ1) is 10.0. The van der Waals surface area contributed by atoms with Crippen LogP contribution in [0.4, 0.5) is 0 Å². The maximum atomic E-state index is 11.4. The fraction of sp³-hybridized carbons (Fsp3) is 0.778. The first-order valence-electron chi connectivity index (χ1n) is 4.72. The Hall–Kier alpha value is -1.06. The Labute approximate surface area is 78.3 Å². The highest BCUT2D eigenvalue weighted by atomic mass is 16.2. The average molecular weight is 184 g/mol. The number of nitrogens with zero attached hydrogens (tertiary/aromatic N) is 1. The van der Waals surface area contributed by atoms with Gasteiger partial charge in [0.15, 0.2) is 0 Å². The molecule has 1 unspecified atom stereocenters. The number of hydrogen-bond donors (Lipinski definition) is 1. The van der Waals surface area contributed by atoms with Crippen molar-refractivity contribution in [1.29, 1.82) is 0 Å². The predicted octanol–water partition coefficient (Wildman–Crippen LogP) is -0.00910. The predicted molar refractivity (Wildman–Crippen MR) is 49.0 cm³/mol. The number of amides is 2. The molecule has 1 fully saturated rings. The summed E-state index contributed by atoms with van der Waals surface area (Å²) in [5, 5.41) is 2.51. The highest BCUT2D eigenvalue weighted by Crippen LogP contribution is 2.14. The lowest BCUT2D eigenvalue weighted by molar-refractivity contribution is -0.145. The van der Waals surface area contributed by atoms with Gasteiger partial charge in [-0.3, -0.25) is 9.59 Å². The van der Waals surface area contributed by atoms with E-state index in [1.54, 1.807) is 11.8 Å². The van der Waals surface area contributed by atoms with Crippen molar-refractivity contribution < 1.29 is 9.59 Å². The van der Waals surface area contributed by atoms with E-state index in [1.165, 1.54) is 0 Å². The number of carbonyl (C=O) groups is 2. The smallest absolute Gasteiger partial charge is 0.311 e. The highest BCUT2D eigenvalue weighted by molar-refractivity contribution is 6.35. The molecule has 0 aromatic carbocycles. The molecule has 1 atom stereocenters. The van der Waals surface area contributed by atoms with Gasteiger partial charge in [0.1, 0.15) is 0 Å². The van der Waals surface area contributed by atoms with Gasteiger partial charge in [-0.2, -0.15) is 0 Å². The Morgan fingerprint density at radius 1 is 1.54 bits per heavy atom. The van der Waals surface area contributed by atoms with Crippen LogP contribution in [0.1, 0.15) is 20.3 Å². The summed E-state index contributed by atoms with van der Waals surface area (Å²) in [5.41, 5.74) is 0. The summed E-state index contributed by atoms with van der Waals surface area (Å²) in [6.07, 6.45) is 1.01. The van der Waals surface area contributed by atoms with E-state index < -0.39 is 5.91 Å². The molecule has 1 aliphatic heterocycles. The fourth-order valence-corrected chi connectivity index (χ4v) is 1.50. The summed E-state index contributed by atoms with van der Waals surface area (Å²) in [5.74, 6) is -0.332. The molecule has 0 spiro atoms. The monoisotopic (exact) mass is 184 g/mol. The van der Waals surface area contributed by atoms with Crippen molar-refractivity contribution in [3.05, 3.63) is 0 Å². The zero-order valence-electron chi connectivity index (χ0n) is 8.17. The lowest BCUT2D eigenvalue weighted by Crippen LogP contribution is -2.41. The molecule has 0 aliphatic carbocycles. The normalized spacial score (nSPS) is 21.7. The topological polar surface area (TPSA) is 49.4 Å². The van der Waals surface area contributed by atoms with Crippen LogP contribution >= 0.6 is 0 Å². The van der Waals surface area contributed by atoms with E-state index in [2.05, 4.69) is 12.2 Å². The first-order chi connectivity index (χ1) is 6.15. The van der Waals surface area contributed by atoms with Crippen LogP contribution in [-0.2, 0) is 9.59 Å². The minimum Gasteiger partial charge on any atom is -0.348 e. The third-order valence-electron chi connectivity index (χ3n) is 2.24. The second-order valence-corrected chi connectivity index (χ2v) is 3.50. The Kier molecular flexibility index (Phi) is 3.28. The molecule has 1 rings (SSSR count). The SMILES string of the molecule is CCNC(=O)C(=O)N1CCC(C)C1. The molecule has 4 heteroatoms. The summed E-state index contributed by atoms with van der Waals surface area (Å²) in [6.45, 7) is 5.84. The molecule has 0 bridgehead atoms. The Morgan fingerprint density at radius 2 is 2.23 bits per heavy atom. The number of rotatable bonds is 1. The largest absolute Gasteiger partial charge is 0.348 e. The van der Waals surface area contributed by atoms with Crippen LogP contribution in [0.15, 0.2) is 0 Å². The lowest BCUT2D eigenvalue weighted by Gasteiger charge is -2.14. The van der Waals surface area contributed by atoms with Gasteiger partial charge in [0.05, 0.1) is 0 Å². The molecule has 1 heterocycles. The third kappa shape index (κ3) is 2.44. The number of likely N-dealkylation sites (N-methyl/N-ethyl adjacent to an activating group) is 1. The molecule has 0 radical (unpaired) electrons. The van der Waals surface area contributed by atoms with Gasteiger partial charge in [0.25, 0.3) is 0 Å². The van der Waals surface area contributed by atoms with Gasteiger partial charge in [-0.25, -0.2) is 0 Å². The zero-order valence-corrected chi connectivity index (χ0v) is 8.17. The van der Waals surface area contributed by atoms with E-state index in [0.29, 0.717) is 12.5 Å². The van der Waals surface area contributed by atoms with Gasteiger partial charge in [0, 0.05) is 19.6 Å². The lowest BCUT2D eigenvalue weighted by atomic mass is 10.2. The van der Waals surface area contributed by atoms with Crippen molar-refractivity contribution >= 4 is 11.8 Å². The molecule has 4 nitrogen and oxygen atoms in total. The summed E-state index contributed by atoms with van der Waals surface area (Å²) in [6, 6.07) is 0. The second kappa shape index (κ2) is 4.25. The van der Waals surface area contributed by atoms with E-state index in [4.69, 9.17) is 0 Å². The molecule has 0 aromatic heterocycles. The Bertz CT molecular complexity index is 216. The fourth-order valence-electron chi connectivity index (χ4n) is 1.50. The summed E-state index contributed by atoms with van der Waals surface area (Å²) >= 11 is 0. The highest BCUT2D eigenvalue weighted by Gasteiger charge is 2.27. The summed E-state index contributed by atoms with van der Waals surface area (Å²) < 4.78 is 0.